The van der Waals surface area contributed by atoms with Gasteiger partial charge in [0.25, 0.3) is 0 Å². The number of aryl methyl sites for hydroxylation is 2. The SMILES string of the molecule is Cc1ccc(C)c(-c2cccc3c2O[C@@H](CN)C3)c1. The molecule has 1 atom stereocenters. The van der Waals surface area contributed by atoms with E-state index in [4.69, 9.17) is 10.5 Å². The van der Waals surface area contributed by atoms with E-state index in [1.165, 1.54) is 27.8 Å². The van der Waals surface area contributed by atoms with E-state index in [2.05, 4.69) is 50.2 Å². The van der Waals surface area contributed by atoms with E-state index in [9.17, 15) is 0 Å². The summed E-state index contributed by atoms with van der Waals surface area (Å²) in [6.45, 7) is 4.83. The van der Waals surface area contributed by atoms with Crippen molar-refractivity contribution in [3.63, 3.8) is 0 Å². The molecule has 0 amide bonds. The van der Waals surface area contributed by atoms with E-state index < -0.39 is 0 Å². The van der Waals surface area contributed by atoms with E-state index in [-0.39, 0.29) is 6.10 Å². The van der Waals surface area contributed by atoms with E-state index in [0.717, 1.165) is 12.2 Å². The highest BCUT2D eigenvalue weighted by Gasteiger charge is 2.24. The maximum absolute atomic E-state index is 6.01. The summed E-state index contributed by atoms with van der Waals surface area (Å²) >= 11 is 0. The van der Waals surface area contributed by atoms with Gasteiger partial charge in [-0.05, 0) is 30.5 Å². The molecule has 1 aliphatic rings. The molecule has 2 N–H and O–H groups in total. The van der Waals surface area contributed by atoms with Crippen LogP contribution < -0.4 is 10.5 Å². The summed E-state index contributed by atoms with van der Waals surface area (Å²) in [7, 11) is 0. The van der Waals surface area contributed by atoms with Gasteiger partial charge in [0, 0.05) is 18.5 Å². The Hall–Kier alpha value is -1.80. The van der Waals surface area contributed by atoms with Gasteiger partial charge < -0.3 is 10.5 Å². The molecule has 0 unspecified atom stereocenters. The highest BCUT2D eigenvalue weighted by Crippen LogP contribution is 2.39. The van der Waals surface area contributed by atoms with Gasteiger partial charge in [-0.2, -0.15) is 0 Å². The van der Waals surface area contributed by atoms with Gasteiger partial charge in [0.1, 0.15) is 11.9 Å². The zero-order chi connectivity index (χ0) is 13.4. The molecule has 98 valence electrons. The quantitative estimate of drug-likeness (QED) is 0.891. The normalized spacial score (nSPS) is 17.1. The highest BCUT2D eigenvalue weighted by molar-refractivity contribution is 5.76. The molecular formula is C17H19NO. The maximum Gasteiger partial charge on any atom is 0.130 e. The summed E-state index contributed by atoms with van der Waals surface area (Å²) in [5.41, 5.74) is 12.0. The molecule has 0 aliphatic carbocycles. The zero-order valence-corrected chi connectivity index (χ0v) is 11.4. The molecule has 0 saturated carbocycles. The van der Waals surface area contributed by atoms with Gasteiger partial charge in [-0.15, -0.1) is 0 Å². The lowest BCUT2D eigenvalue weighted by atomic mass is 9.96. The number of benzene rings is 2. The second kappa shape index (κ2) is 4.71. The Labute approximate surface area is 114 Å². The van der Waals surface area contributed by atoms with E-state index in [1.807, 2.05) is 0 Å². The molecule has 2 aromatic rings. The molecule has 0 radical (unpaired) electrons. The van der Waals surface area contributed by atoms with Crippen LogP contribution in [0, 0.1) is 13.8 Å². The smallest absolute Gasteiger partial charge is 0.130 e. The number of fused-ring (bicyclic) bond motifs is 1. The van der Waals surface area contributed by atoms with Crippen LogP contribution in [0.2, 0.25) is 0 Å². The molecule has 1 aliphatic heterocycles. The first kappa shape index (κ1) is 12.2. The summed E-state index contributed by atoms with van der Waals surface area (Å²) in [5, 5.41) is 0. The Morgan fingerprint density at radius 3 is 2.79 bits per heavy atom. The molecule has 1 heterocycles. The number of hydrogen-bond donors (Lipinski definition) is 1. The van der Waals surface area contributed by atoms with Crippen LogP contribution in [0.15, 0.2) is 36.4 Å². The average molecular weight is 253 g/mol. The van der Waals surface area contributed by atoms with Crippen LogP contribution in [-0.2, 0) is 6.42 Å². The zero-order valence-electron chi connectivity index (χ0n) is 11.4. The minimum absolute atomic E-state index is 0.126. The topological polar surface area (TPSA) is 35.2 Å². The monoisotopic (exact) mass is 253 g/mol. The average Bonchev–Trinajstić information content (AvgIpc) is 2.84. The van der Waals surface area contributed by atoms with Crippen molar-refractivity contribution in [2.75, 3.05) is 6.54 Å². The third kappa shape index (κ3) is 2.13. The summed E-state index contributed by atoms with van der Waals surface area (Å²) < 4.78 is 6.01. The van der Waals surface area contributed by atoms with E-state index >= 15 is 0 Å². The first-order chi connectivity index (χ1) is 9.19. The molecule has 0 bridgehead atoms. The van der Waals surface area contributed by atoms with Crippen LogP contribution in [0.4, 0.5) is 0 Å². The Bertz CT molecular complexity index is 619. The molecule has 0 saturated heterocycles. The minimum Gasteiger partial charge on any atom is -0.488 e. The number of nitrogens with two attached hydrogens (primary N) is 1. The lowest BCUT2D eigenvalue weighted by molar-refractivity contribution is 0.242. The van der Waals surface area contributed by atoms with Gasteiger partial charge in [-0.25, -0.2) is 0 Å². The molecule has 3 rings (SSSR count). The molecule has 19 heavy (non-hydrogen) atoms. The molecule has 2 aromatic carbocycles. The third-order valence-electron chi connectivity index (χ3n) is 3.77. The van der Waals surface area contributed by atoms with Gasteiger partial charge in [0.2, 0.25) is 0 Å². The summed E-state index contributed by atoms with van der Waals surface area (Å²) in [6, 6.07) is 12.9. The summed E-state index contributed by atoms with van der Waals surface area (Å²) in [6.07, 6.45) is 1.05. The fraction of sp³-hybridized carbons (Fsp3) is 0.294. The van der Waals surface area contributed by atoms with Gasteiger partial charge in [-0.3, -0.25) is 0 Å². The van der Waals surface area contributed by atoms with Crippen LogP contribution in [0.5, 0.6) is 5.75 Å². The number of rotatable bonds is 2. The lowest BCUT2D eigenvalue weighted by Crippen LogP contribution is -2.24. The van der Waals surface area contributed by atoms with Crippen molar-refractivity contribution < 1.29 is 4.74 Å². The van der Waals surface area contributed by atoms with Crippen LogP contribution in [0.3, 0.4) is 0 Å². The summed E-state index contributed by atoms with van der Waals surface area (Å²) in [5.74, 6) is 1.02. The van der Waals surface area contributed by atoms with Crippen LogP contribution in [-0.4, -0.2) is 12.6 Å². The van der Waals surface area contributed by atoms with Crippen molar-refractivity contribution >= 4 is 0 Å². The molecule has 0 aromatic heterocycles. The Morgan fingerprint density at radius 1 is 1.16 bits per heavy atom. The van der Waals surface area contributed by atoms with Gasteiger partial charge in [0.05, 0.1) is 0 Å². The second-order valence-electron chi connectivity index (χ2n) is 5.29. The van der Waals surface area contributed by atoms with Crippen molar-refractivity contribution in [1.29, 1.82) is 0 Å². The molecule has 0 spiro atoms. The first-order valence-electron chi connectivity index (χ1n) is 6.75. The molecule has 2 nitrogen and oxygen atoms in total. The predicted octanol–water partition coefficient (Wildman–Crippen LogP) is 3.23. The lowest BCUT2D eigenvalue weighted by Gasteiger charge is -2.13. The largest absolute Gasteiger partial charge is 0.488 e. The van der Waals surface area contributed by atoms with Crippen LogP contribution >= 0.6 is 0 Å². The van der Waals surface area contributed by atoms with Crippen molar-refractivity contribution in [2.24, 2.45) is 5.73 Å². The fourth-order valence-electron chi connectivity index (χ4n) is 2.71. The van der Waals surface area contributed by atoms with Crippen LogP contribution in [0.25, 0.3) is 11.1 Å². The van der Waals surface area contributed by atoms with Crippen LogP contribution in [0.1, 0.15) is 16.7 Å². The Kier molecular flexibility index (Phi) is 3.03. The number of ether oxygens (including phenoxy) is 1. The maximum atomic E-state index is 6.01. The van der Waals surface area contributed by atoms with Crippen molar-refractivity contribution in [1.82, 2.24) is 0 Å². The summed E-state index contributed by atoms with van der Waals surface area (Å²) in [4.78, 5) is 0. The van der Waals surface area contributed by atoms with E-state index in [0.29, 0.717) is 6.54 Å². The van der Waals surface area contributed by atoms with Gasteiger partial charge >= 0.3 is 0 Å². The second-order valence-corrected chi connectivity index (χ2v) is 5.29. The molecular weight excluding hydrogens is 234 g/mol. The predicted molar refractivity (Wildman–Crippen MR) is 78.5 cm³/mol. The highest BCUT2D eigenvalue weighted by atomic mass is 16.5. The fourth-order valence-corrected chi connectivity index (χ4v) is 2.71. The molecule has 2 heteroatoms. The van der Waals surface area contributed by atoms with Crippen molar-refractivity contribution in [2.45, 2.75) is 26.4 Å². The van der Waals surface area contributed by atoms with Crippen molar-refractivity contribution in [3.8, 4) is 16.9 Å². The van der Waals surface area contributed by atoms with Gasteiger partial charge in [0.15, 0.2) is 0 Å². The van der Waals surface area contributed by atoms with Gasteiger partial charge in [-0.1, -0.05) is 42.0 Å². The van der Waals surface area contributed by atoms with Crippen molar-refractivity contribution in [3.05, 3.63) is 53.1 Å². The molecule has 0 fully saturated rings. The third-order valence-corrected chi connectivity index (χ3v) is 3.77. The number of hydrogen-bond acceptors (Lipinski definition) is 2. The Balaban J connectivity index is 2.13. The van der Waals surface area contributed by atoms with E-state index in [1.54, 1.807) is 0 Å². The number of para-hydroxylation sites is 1. The first-order valence-corrected chi connectivity index (χ1v) is 6.75. The minimum atomic E-state index is 0.126. The Morgan fingerprint density at radius 2 is 2.00 bits per heavy atom. The standard InChI is InChI=1S/C17H19NO/c1-11-6-7-12(2)16(8-11)15-5-3-4-13-9-14(10-18)19-17(13)15/h3-8,14H,9-10,18H2,1-2H3/t14-/m1/s1.